The fourth-order valence-corrected chi connectivity index (χ4v) is 1.62. The van der Waals surface area contributed by atoms with Crippen LogP contribution in [-0.4, -0.2) is 55.4 Å². The molecule has 1 aromatic carbocycles. The molecule has 1 rings (SSSR count). The zero-order valence-corrected chi connectivity index (χ0v) is 12.2. The molecular formula is C14H20N2O5. The van der Waals surface area contributed by atoms with E-state index in [-0.39, 0.29) is 19.7 Å². The van der Waals surface area contributed by atoms with Crippen molar-refractivity contribution >= 4 is 17.7 Å². The Hall–Kier alpha value is -2.28. The summed E-state index contributed by atoms with van der Waals surface area (Å²) >= 11 is 0. The first-order valence-corrected chi connectivity index (χ1v) is 6.56. The Kier molecular flexibility index (Phi) is 7.03. The van der Waals surface area contributed by atoms with E-state index in [1.54, 1.807) is 24.3 Å². The second-order valence-electron chi connectivity index (χ2n) is 4.20. The SMILES string of the molecule is CCOc1ccc(NC(=O)N(CCOC)CC(=O)O)cc1. The van der Waals surface area contributed by atoms with Gasteiger partial charge in [-0.25, -0.2) is 4.79 Å². The van der Waals surface area contributed by atoms with Gasteiger partial charge in [0.25, 0.3) is 0 Å². The van der Waals surface area contributed by atoms with E-state index in [9.17, 15) is 9.59 Å². The lowest BCUT2D eigenvalue weighted by Crippen LogP contribution is -2.40. The van der Waals surface area contributed by atoms with Gasteiger partial charge in [-0.05, 0) is 31.2 Å². The molecule has 21 heavy (non-hydrogen) atoms. The molecule has 0 radical (unpaired) electrons. The summed E-state index contributed by atoms with van der Waals surface area (Å²) < 4.78 is 10.2. The number of carboxylic acid groups (broad SMARTS) is 1. The second kappa shape index (κ2) is 8.80. The second-order valence-corrected chi connectivity index (χ2v) is 4.20. The smallest absolute Gasteiger partial charge is 0.323 e. The van der Waals surface area contributed by atoms with E-state index in [1.807, 2.05) is 6.92 Å². The Balaban J connectivity index is 2.64. The van der Waals surface area contributed by atoms with Crippen molar-refractivity contribution < 1.29 is 24.2 Å². The van der Waals surface area contributed by atoms with E-state index in [0.717, 1.165) is 0 Å². The highest BCUT2D eigenvalue weighted by molar-refractivity contribution is 5.91. The molecule has 2 amide bonds. The van der Waals surface area contributed by atoms with Gasteiger partial charge in [0.05, 0.1) is 13.2 Å². The predicted octanol–water partition coefficient (Wildman–Crippen LogP) is 1.65. The molecule has 0 atom stereocenters. The summed E-state index contributed by atoms with van der Waals surface area (Å²) in [5, 5.41) is 11.5. The fourth-order valence-electron chi connectivity index (χ4n) is 1.62. The Morgan fingerprint density at radius 1 is 1.29 bits per heavy atom. The van der Waals surface area contributed by atoms with Gasteiger partial charge in [0.2, 0.25) is 0 Å². The number of carbonyl (C=O) groups excluding carboxylic acids is 1. The van der Waals surface area contributed by atoms with Crippen LogP contribution in [0.25, 0.3) is 0 Å². The van der Waals surface area contributed by atoms with E-state index in [0.29, 0.717) is 18.0 Å². The van der Waals surface area contributed by atoms with Crippen LogP contribution in [0.2, 0.25) is 0 Å². The Morgan fingerprint density at radius 3 is 2.48 bits per heavy atom. The van der Waals surface area contributed by atoms with Crippen LogP contribution in [0.1, 0.15) is 6.92 Å². The number of nitrogens with one attached hydrogen (secondary N) is 1. The number of rotatable bonds is 8. The van der Waals surface area contributed by atoms with Crippen molar-refractivity contribution in [1.82, 2.24) is 4.90 Å². The molecule has 0 unspecified atom stereocenters. The van der Waals surface area contributed by atoms with Crippen LogP contribution < -0.4 is 10.1 Å². The largest absolute Gasteiger partial charge is 0.494 e. The summed E-state index contributed by atoms with van der Waals surface area (Å²) in [5.74, 6) is -0.370. The molecule has 0 fully saturated rings. The lowest BCUT2D eigenvalue weighted by Gasteiger charge is -2.20. The molecule has 0 saturated heterocycles. The minimum Gasteiger partial charge on any atom is -0.494 e. The number of ether oxygens (including phenoxy) is 2. The molecule has 7 heteroatoms. The molecule has 0 aliphatic heterocycles. The van der Waals surface area contributed by atoms with Gasteiger partial charge in [-0.15, -0.1) is 0 Å². The summed E-state index contributed by atoms with van der Waals surface area (Å²) in [5.41, 5.74) is 0.566. The van der Waals surface area contributed by atoms with Crippen LogP contribution >= 0.6 is 0 Å². The lowest BCUT2D eigenvalue weighted by molar-refractivity contribution is -0.137. The van der Waals surface area contributed by atoms with Gasteiger partial charge >= 0.3 is 12.0 Å². The van der Waals surface area contributed by atoms with Crippen LogP contribution in [0, 0.1) is 0 Å². The molecule has 2 N–H and O–H groups in total. The quantitative estimate of drug-likeness (QED) is 0.761. The highest BCUT2D eigenvalue weighted by atomic mass is 16.5. The molecule has 0 aliphatic rings. The number of carbonyl (C=O) groups is 2. The number of benzene rings is 1. The molecule has 0 saturated carbocycles. The number of hydrogen-bond donors (Lipinski definition) is 2. The zero-order chi connectivity index (χ0) is 15.7. The van der Waals surface area contributed by atoms with Gasteiger partial charge in [0.1, 0.15) is 12.3 Å². The van der Waals surface area contributed by atoms with E-state index in [1.165, 1.54) is 12.0 Å². The average Bonchev–Trinajstić information content (AvgIpc) is 2.45. The van der Waals surface area contributed by atoms with Gasteiger partial charge in [0.15, 0.2) is 0 Å². The van der Waals surface area contributed by atoms with Crippen molar-refractivity contribution in [1.29, 1.82) is 0 Å². The minimum absolute atomic E-state index is 0.200. The number of urea groups is 1. The van der Waals surface area contributed by atoms with Gasteiger partial charge in [-0.2, -0.15) is 0 Å². The van der Waals surface area contributed by atoms with Crippen LogP contribution in [-0.2, 0) is 9.53 Å². The number of nitrogens with zero attached hydrogens (tertiary/aromatic N) is 1. The molecular weight excluding hydrogens is 276 g/mol. The zero-order valence-electron chi connectivity index (χ0n) is 12.2. The third kappa shape index (κ3) is 6.13. The van der Waals surface area contributed by atoms with Gasteiger partial charge in [-0.3, -0.25) is 4.79 Å². The van der Waals surface area contributed by atoms with E-state index < -0.39 is 12.0 Å². The molecule has 0 spiro atoms. The maximum absolute atomic E-state index is 12.0. The lowest BCUT2D eigenvalue weighted by atomic mass is 10.3. The molecule has 7 nitrogen and oxygen atoms in total. The van der Waals surface area contributed by atoms with Crippen LogP contribution in [0.4, 0.5) is 10.5 Å². The van der Waals surface area contributed by atoms with Crippen molar-refractivity contribution in [3.8, 4) is 5.75 Å². The Bertz CT molecular complexity index is 461. The number of amides is 2. The molecule has 0 bridgehead atoms. The number of carboxylic acids is 1. The van der Waals surface area contributed by atoms with Gasteiger partial charge < -0.3 is 24.8 Å². The van der Waals surface area contributed by atoms with Crippen LogP contribution in [0.15, 0.2) is 24.3 Å². The van der Waals surface area contributed by atoms with Crippen molar-refractivity contribution in [3.63, 3.8) is 0 Å². The highest BCUT2D eigenvalue weighted by Gasteiger charge is 2.16. The van der Waals surface area contributed by atoms with Gasteiger partial charge in [0, 0.05) is 19.3 Å². The summed E-state index contributed by atoms with van der Waals surface area (Å²) in [6.45, 7) is 2.53. The standard InChI is InChI=1S/C14H20N2O5/c1-3-21-12-6-4-11(5-7-12)15-14(19)16(8-9-20-2)10-13(17)18/h4-7H,3,8-10H2,1-2H3,(H,15,19)(H,17,18). The monoisotopic (exact) mass is 296 g/mol. The number of anilines is 1. The summed E-state index contributed by atoms with van der Waals surface area (Å²) in [6.07, 6.45) is 0. The molecule has 0 aromatic heterocycles. The van der Waals surface area contributed by atoms with Gasteiger partial charge in [-0.1, -0.05) is 0 Å². The fraction of sp³-hybridized carbons (Fsp3) is 0.429. The van der Waals surface area contributed by atoms with E-state index >= 15 is 0 Å². The van der Waals surface area contributed by atoms with Crippen molar-refractivity contribution in [3.05, 3.63) is 24.3 Å². The third-order valence-corrected chi connectivity index (χ3v) is 2.60. The van der Waals surface area contributed by atoms with Crippen LogP contribution in [0.5, 0.6) is 5.75 Å². The topological polar surface area (TPSA) is 88.1 Å². The van der Waals surface area contributed by atoms with Crippen molar-refractivity contribution in [2.24, 2.45) is 0 Å². The number of aliphatic carboxylic acids is 1. The highest BCUT2D eigenvalue weighted by Crippen LogP contribution is 2.16. The molecule has 116 valence electrons. The minimum atomic E-state index is -1.08. The number of methoxy groups -OCH3 is 1. The third-order valence-electron chi connectivity index (χ3n) is 2.60. The normalized spacial score (nSPS) is 10.0. The first-order valence-electron chi connectivity index (χ1n) is 6.56. The molecule has 0 aliphatic carbocycles. The summed E-state index contributed by atoms with van der Waals surface area (Å²) in [6, 6.07) is 6.36. The van der Waals surface area contributed by atoms with Crippen LogP contribution in [0.3, 0.4) is 0 Å². The summed E-state index contributed by atoms with van der Waals surface area (Å²) in [7, 11) is 1.49. The van der Waals surface area contributed by atoms with Crippen molar-refractivity contribution in [2.45, 2.75) is 6.92 Å². The maximum atomic E-state index is 12.0. The average molecular weight is 296 g/mol. The molecule has 0 heterocycles. The first-order chi connectivity index (χ1) is 10.1. The molecule has 1 aromatic rings. The predicted molar refractivity (Wildman–Crippen MR) is 77.7 cm³/mol. The Labute approximate surface area is 123 Å². The summed E-state index contributed by atoms with van der Waals surface area (Å²) in [4.78, 5) is 24.0. The van der Waals surface area contributed by atoms with Crippen molar-refractivity contribution in [2.75, 3.05) is 38.7 Å². The Morgan fingerprint density at radius 2 is 1.95 bits per heavy atom. The first kappa shape index (κ1) is 16.8. The maximum Gasteiger partial charge on any atom is 0.323 e. The van der Waals surface area contributed by atoms with E-state index in [4.69, 9.17) is 14.6 Å². The number of hydrogen-bond acceptors (Lipinski definition) is 4. The van der Waals surface area contributed by atoms with E-state index in [2.05, 4.69) is 5.32 Å².